The lowest BCUT2D eigenvalue weighted by molar-refractivity contribution is 0.413. The van der Waals surface area contributed by atoms with Gasteiger partial charge in [0.15, 0.2) is 15.5 Å². The van der Waals surface area contributed by atoms with E-state index < -0.39 is 15.7 Å². The second kappa shape index (κ2) is 7.47. The predicted molar refractivity (Wildman–Crippen MR) is 113 cm³/mol. The van der Waals surface area contributed by atoms with E-state index in [2.05, 4.69) is 30.5 Å². The number of sulfone groups is 1. The standard InChI is InChI=1S/C19H18FN7O3S/c1-9-15(20)7-13-16(26-27-18(13)23-9)14-8-22-19(25-17(14)21)24-10-4-11(30-2)6-12(5-10)31(3,28)29/h4-8H,1-3H3,(H,23,26,27)(H3,21,22,24,25). The van der Waals surface area contributed by atoms with E-state index in [4.69, 9.17) is 10.5 Å². The minimum atomic E-state index is -3.46. The number of anilines is 3. The van der Waals surface area contributed by atoms with E-state index in [0.717, 1.165) is 6.26 Å². The summed E-state index contributed by atoms with van der Waals surface area (Å²) >= 11 is 0. The van der Waals surface area contributed by atoms with Gasteiger partial charge in [0.25, 0.3) is 0 Å². The SMILES string of the molecule is COc1cc(Nc2ncc(-c3n[nH]c4nc(C)c(F)cc34)c(N)n2)cc(S(C)(=O)=O)c1. The van der Waals surface area contributed by atoms with E-state index in [9.17, 15) is 12.8 Å². The molecule has 0 aliphatic carbocycles. The van der Waals surface area contributed by atoms with Crippen LogP contribution in [0.15, 0.2) is 35.4 Å². The molecule has 0 atom stereocenters. The van der Waals surface area contributed by atoms with Crippen molar-refractivity contribution in [3.8, 4) is 17.0 Å². The zero-order valence-electron chi connectivity index (χ0n) is 16.8. The zero-order valence-corrected chi connectivity index (χ0v) is 17.6. The number of nitrogens with zero attached hydrogens (tertiary/aromatic N) is 4. The molecule has 0 unspecified atom stereocenters. The summed E-state index contributed by atoms with van der Waals surface area (Å²) < 4.78 is 43.0. The van der Waals surface area contributed by atoms with Gasteiger partial charge in [-0.1, -0.05) is 0 Å². The average Bonchev–Trinajstić information content (AvgIpc) is 3.10. The summed E-state index contributed by atoms with van der Waals surface area (Å²) in [5, 5.41) is 10.3. The number of rotatable bonds is 5. The number of nitrogens with two attached hydrogens (primary N) is 1. The number of fused-ring (bicyclic) bond motifs is 1. The van der Waals surface area contributed by atoms with Crippen LogP contribution in [0.2, 0.25) is 0 Å². The van der Waals surface area contributed by atoms with Gasteiger partial charge in [-0.25, -0.2) is 22.8 Å². The molecule has 0 saturated carbocycles. The summed E-state index contributed by atoms with van der Waals surface area (Å²) in [5.74, 6) is 0.113. The molecule has 31 heavy (non-hydrogen) atoms. The maximum atomic E-state index is 14.0. The molecule has 3 aromatic heterocycles. The highest BCUT2D eigenvalue weighted by atomic mass is 32.2. The number of hydrogen-bond donors (Lipinski definition) is 3. The summed E-state index contributed by atoms with van der Waals surface area (Å²) in [6.45, 7) is 1.56. The molecule has 0 amide bonds. The minimum absolute atomic E-state index is 0.0757. The highest BCUT2D eigenvalue weighted by Crippen LogP contribution is 2.31. The molecule has 4 rings (SSSR count). The Labute approximate surface area is 176 Å². The molecule has 0 spiro atoms. The van der Waals surface area contributed by atoms with Gasteiger partial charge in [-0.15, -0.1) is 0 Å². The molecule has 0 aliphatic heterocycles. The molecular formula is C19H18FN7O3S. The highest BCUT2D eigenvalue weighted by Gasteiger charge is 2.17. The number of aromatic nitrogens is 5. The van der Waals surface area contributed by atoms with Crippen molar-refractivity contribution in [2.24, 2.45) is 0 Å². The molecule has 0 saturated heterocycles. The molecule has 0 aliphatic rings. The number of hydrogen-bond acceptors (Lipinski definition) is 9. The second-order valence-electron chi connectivity index (χ2n) is 6.81. The summed E-state index contributed by atoms with van der Waals surface area (Å²) in [5.41, 5.74) is 7.93. The highest BCUT2D eigenvalue weighted by molar-refractivity contribution is 7.90. The van der Waals surface area contributed by atoms with Crippen molar-refractivity contribution in [1.82, 2.24) is 25.1 Å². The number of benzene rings is 1. The van der Waals surface area contributed by atoms with E-state index >= 15 is 0 Å². The van der Waals surface area contributed by atoms with Gasteiger partial charge in [-0.2, -0.15) is 10.1 Å². The van der Waals surface area contributed by atoms with Crippen molar-refractivity contribution in [2.45, 2.75) is 11.8 Å². The Morgan fingerprint density at radius 1 is 1.19 bits per heavy atom. The fourth-order valence-electron chi connectivity index (χ4n) is 2.96. The third-order valence-corrected chi connectivity index (χ3v) is 5.65. The molecule has 3 heterocycles. The summed E-state index contributed by atoms with van der Waals surface area (Å²) in [7, 11) is -2.02. The normalized spacial score (nSPS) is 11.6. The molecule has 12 heteroatoms. The van der Waals surface area contributed by atoms with Crippen LogP contribution in [0.5, 0.6) is 5.75 Å². The lowest BCUT2D eigenvalue weighted by Gasteiger charge is -2.10. The van der Waals surface area contributed by atoms with Crippen LogP contribution in [0, 0.1) is 12.7 Å². The Balaban J connectivity index is 1.70. The first-order chi connectivity index (χ1) is 14.7. The van der Waals surface area contributed by atoms with E-state index in [-0.39, 0.29) is 22.4 Å². The number of halogens is 1. The summed E-state index contributed by atoms with van der Waals surface area (Å²) in [6.07, 6.45) is 2.54. The van der Waals surface area contributed by atoms with Crippen LogP contribution >= 0.6 is 0 Å². The quantitative estimate of drug-likeness (QED) is 0.423. The van der Waals surface area contributed by atoms with Crippen LogP contribution < -0.4 is 15.8 Å². The van der Waals surface area contributed by atoms with Gasteiger partial charge in [0.05, 0.1) is 23.3 Å². The smallest absolute Gasteiger partial charge is 0.229 e. The molecule has 10 nitrogen and oxygen atoms in total. The van der Waals surface area contributed by atoms with Crippen LogP contribution in [-0.4, -0.2) is 46.9 Å². The first kappa shape index (κ1) is 20.5. The van der Waals surface area contributed by atoms with Crippen molar-refractivity contribution in [1.29, 1.82) is 0 Å². The monoisotopic (exact) mass is 443 g/mol. The summed E-state index contributed by atoms with van der Waals surface area (Å²) in [6, 6.07) is 5.77. The number of methoxy groups -OCH3 is 1. The molecule has 4 N–H and O–H groups in total. The molecule has 160 valence electrons. The maximum absolute atomic E-state index is 14.0. The Bertz CT molecular complexity index is 1420. The van der Waals surface area contributed by atoms with Crippen LogP contribution in [0.25, 0.3) is 22.3 Å². The van der Waals surface area contributed by atoms with Gasteiger partial charge in [0, 0.05) is 29.6 Å². The van der Waals surface area contributed by atoms with Crippen LogP contribution in [0.1, 0.15) is 5.69 Å². The van der Waals surface area contributed by atoms with Crippen molar-refractivity contribution < 1.29 is 17.5 Å². The molecule has 1 aromatic carbocycles. The molecular weight excluding hydrogens is 425 g/mol. The second-order valence-corrected chi connectivity index (χ2v) is 8.83. The van der Waals surface area contributed by atoms with E-state index in [1.54, 1.807) is 13.0 Å². The first-order valence-corrected chi connectivity index (χ1v) is 10.8. The fraction of sp³-hybridized carbons (Fsp3) is 0.158. The largest absolute Gasteiger partial charge is 0.497 e. The Morgan fingerprint density at radius 3 is 2.65 bits per heavy atom. The molecule has 0 bridgehead atoms. The van der Waals surface area contributed by atoms with Gasteiger partial charge in [0.1, 0.15) is 23.1 Å². The van der Waals surface area contributed by atoms with Crippen molar-refractivity contribution >= 4 is 38.3 Å². The van der Waals surface area contributed by atoms with Crippen LogP contribution in [-0.2, 0) is 9.84 Å². The number of pyridine rings is 1. The van der Waals surface area contributed by atoms with Gasteiger partial charge < -0.3 is 15.8 Å². The van der Waals surface area contributed by atoms with Gasteiger partial charge in [0.2, 0.25) is 5.95 Å². The first-order valence-electron chi connectivity index (χ1n) is 8.96. The number of aryl methyl sites for hydroxylation is 1. The number of nitrogens with one attached hydrogen (secondary N) is 2. The lowest BCUT2D eigenvalue weighted by Crippen LogP contribution is -2.04. The van der Waals surface area contributed by atoms with E-state index in [1.807, 2.05) is 0 Å². The van der Waals surface area contributed by atoms with E-state index in [1.165, 1.54) is 31.5 Å². The average molecular weight is 443 g/mol. The van der Waals surface area contributed by atoms with Crippen LogP contribution in [0.3, 0.4) is 0 Å². The molecule has 4 aromatic rings. The minimum Gasteiger partial charge on any atom is -0.497 e. The zero-order chi connectivity index (χ0) is 22.3. The van der Waals surface area contributed by atoms with Gasteiger partial charge in [-0.3, -0.25) is 5.10 Å². The fourth-order valence-corrected chi connectivity index (χ4v) is 3.63. The van der Waals surface area contributed by atoms with Crippen molar-refractivity contribution in [2.75, 3.05) is 24.4 Å². The Hall–Kier alpha value is -3.80. The molecule has 0 radical (unpaired) electrons. The topological polar surface area (TPSA) is 149 Å². The van der Waals surface area contributed by atoms with Gasteiger partial charge in [-0.05, 0) is 25.1 Å². The number of aromatic amines is 1. The third kappa shape index (κ3) is 3.97. The summed E-state index contributed by atoms with van der Waals surface area (Å²) in [4.78, 5) is 12.6. The Kier molecular flexibility index (Phi) is 4.93. The number of H-pyrrole nitrogens is 1. The number of ether oxygens (including phenoxy) is 1. The third-order valence-electron chi connectivity index (χ3n) is 4.55. The maximum Gasteiger partial charge on any atom is 0.229 e. The number of nitrogen functional groups attached to an aromatic ring is 1. The Morgan fingerprint density at radius 2 is 1.97 bits per heavy atom. The predicted octanol–water partition coefficient (Wildman–Crippen LogP) is 2.60. The van der Waals surface area contributed by atoms with Crippen LogP contribution in [0.4, 0.5) is 21.8 Å². The van der Waals surface area contributed by atoms with Crippen molar-refractivity contribution in [3.05, 3.63) is 42.0 Å². The lowest BCUT2D eigenvalue weighted by atomic mass is 10.1. The van der Waals surface area contributed by atoms with Crippen molar-refractivity contribution in [3.63, 3.8) is 0 Å². The van der Waals surface area contributed by atoms with E-state index in [0.29, 0.717) is 33.7 Å². The molecule has 0 fully saturated rings. The van der Waals surface area contributed by atoms with Gasteiger partial charge >= 0.3 is 0 Å².